The Kier molecular flexibility index (Phi) is 6.65. The largest absolute Gasteiger partial charge is 0.378 e. The Morgan fingerprint density at radius 3 is 2.56 bits per heavy atom. The summed E-state index contributed by atoms with van der Waals surface area (Å²) in [4.78, 5) is 11.2. The number of primary amides is 1. The van der Waals surface area contributed by atoms with Crippen molar-refractivity contribution >= 4 is 5.91 Å². The van der Waals surface area contributed by atoms with E-state index in [0.29, 0.717) is 12.8 Å². The first-order chi connectivity index (χ1) is 8.58. The molecular formula is C14H28N2O2. The van der Waals surface area contributed by atoms with Gasteiger partial charge in [0.1, 0.15) is 0 Å². The van der Waals surface area contributed by atoms with E-state index in [2.05, 4.69) is 6.92 Å². The van der Waals surface area contributed by atoms with Crippen molar-refractivity contribution in [2.45, 2.75) is 76.4 Å². The summed E-state index contributed by atoms with van der Waals surface area (Å²) in [5.41, 5.74) is 10.4. The zero-order valence-electron chi connectivity index (χ0n) is 11.6. The van der Waals surface area contributed by atoms with E-state index in [1.807, 2.05) is 0 Å². The zero-order chi connectivity index (χ0) is 13.4. The molecule has 0 aliphatic heterocycles. The average molecular weight is 256 g/mol. The fraction of sp³-hybridized carbons (Fsp3) is 0.929. The average Bonchev–Trinajstić information content (AvgIpc) is 2.72. The van der Waals surface area contributed by atoms with Gasteiger partial charge in [-0.3, -0.25) is 4.79 Å². The molecule has 0 aromatic heterocycles. The van der Waals surface area contributed by atoms with Crippen LogP contribution in [0.2, 0.25) is 0 Å². The Bertz CT molecular complexity index is 258. The van der Waals surface area contributed by atoms with E-state index in [0.717, 1.165) is 19.4 Å². The van der Waals surface area contributed by atoms with Gasteiger partial charge < -0.3 is 16.2 Å². The fourth-order valence-electron chi connectivity index (χ4n) is 2.53. The number of hydrogen-bond donors (Lipinski definition) is 2. The second-order valence-corrected chi connectivity index (χ2v) is 5.52. The molecule has 2 unspecified atom stereocenters. The molecule has 0 spiro atoms. The van der Waals surface area contributed by atoms with Crippen LogP contribution in [-0.2, 0) is 9.53 Å². The van der Waals surface area contributed by atoms with Gasteiger partial charge in [0, 0.05) is 13.0 Å². The van der Waals surface area contributed by atoms with Crippen LogP contribution in [0.15, 0.2) is 0 Å². The van der Waals surface area contributed by atoms with E-state index in [1.165, 1.54) is 32.1 Å². The van der Waals surface area contributed by atoms with Crippen LogP contribution in [0.5, 0.6) is 0 Å². The second-order valence-electron chi connectivity index (χ2n) is 5.52. The van der Waals surface area contributed by atoms with Crippen molar-refractivity contribution in [3.05, 3.63) is 0 Å². The Labute approximate surface area is 110 Å². The summed E-state index contributed by atoms with van der Waals surface area (Å²) in [6.07, 6.45) is 9.79. The van der Waals surface area contributed by atoms with Crippen LogP contribution >= 0.6 is 0 Å². The molecule has 1 amide bonds. The quantitative estimate of drug-likeness (QED) is 0.620. The molecule has 2 atom stereocenters. The highest BCUT2D eigenvalue weighted by Gasteiger charge is 2.40. The first-order valence-electron chi connectivity index (χ1n) is 7.29. The number of carbonyl (C=O) groups is 1. The van der Waals surface area contributed by atoms with E-state index in [9.17, 15) is 4.79 Å². The molecule has 0 bridgehead atoms. The van der Waals surface area contributed by atoms with Gasteiger partial charge in [-0.2, -0.15) is 0 Å². The number of nitrogens with two attached hydrogens (primary N) is 2. The highest BCUT2D eigenvalue weighted by atomic mass is 16.5. The molecule has 0 radical (unpaired) electrons. The third-order valence-electron chi connectivity index (χ3n) is 3.85. The molecule has 0 aromatic rings. The molecule has 4 N–H and O–H groups in total. The molecule has 4 heteroatoms. The molecule has 4 nitrogen and oxygen atoms in total. The summed E-state index contributed by atoms with van der Waals surface area (Å²) in [7, 11) is 0. The van der Waals surface area contributed by atoms with Gasteiger partial charge in [0.25, 0.3) is 0 Å². The maximum absolute atomic E-state index is 11.2. The Morgan fingerprint density at radius 2 is 1.94 bits per heavy atom. The molecule has 18 heavy (non-hydrogen) atoms. The summed E-state index contributed by atoms with van der Waals surface area (Å²) < 4.78 is 5.77. The third kappa shape index (κ3) is 4.94. The van der Waals surface area contributed by atoms with Crippen molar-refractivity contribution in [2.75, 3.05) is 6.61 Å². The number of rotatable bonds is 9. The Balaban J connectivity index is 2.03. The van der Waals surface area contributed by atoms with Gasteiger partial charge in [-0.15, -0.1) is 0 Å². The van der Waals surface area contributed by atoms with Crippen LogP contribution in [-0.4, -0.2) is 24.2 Å². The molecular weight excluding hydrogens is 228 g/mol. The molecule has 1 aliphatic carbocycles. The van der Waals surface area contributed by atoms with Gasteiger partial charge in [-0.05, 0) is 19.3 Å². The summed E-state index contributed by atoms with van der Waals surface area (Å²) in [5.74, 6) is -0.395. The van der Waals surface area contributed by atoms with E-state index < -0.39 is 11.4 Å². The molecule has 0 saturated heterocycles. The van der Waals surface area contributed by atoms with Crippen LogP contribution in [0, 0.1) is 0 Å². The van der Waals surface area contributed by atoms with Gasteiger partial charge in [0.2, 0.25) is 5.91 Å². The standard InChI is InChI=1S/C14H28N2O2/c1-2-3-4-5-6-7-10-18-12-8-9-14(16,11-12)13(15)17/h12H,2-11,16H2,1H3,(H2,15,17). The smallest absolute Gasteiger partial charge is 0.237 e. The van der Waals surface area contributed by atoms with E-state index in [1.54, 1.807) is 0 Å². The SMILES string of the molecule is CCCCCCCCOC1CCC(N)(C(N)=O)C1. The topological polar surface area (TPSA) is 78.3 Å². The highest BCUT2D eigenvalue weighted by molar-refractivity contribution is 5.84. The van der Waals surface area contributed by atoms with Gasteiger partial charge >= 0.3 is 0 Å². The predicted molar refractivity (Wildman–Crippen MR) is 73.1 cm³/mol. The lowest BCUT2D eigenvalue weighted by molar-refractivity contribution is -0.123. The number of ether oxygens (including phenoxy) is 1. The van der Waals surface area contributed by atoms with Gasteiger partial charge in [0.15, 0.2) is 0 Å². The second kappa shape index (κ2) is 7.74. The van der Waals surface area contributed by atoms with Crippen LogP contribution in [0.3, 0.4) is 0 Å². The summed E-state index contributed by atoms with van der Waals surface area (Å²) in [5, 5.41) is 0. The maximum atomic E-state index is 11.2. The van der Waals surface area contributed by atoms with E-state index in [4.69, 9.17) is 16.2 Å². The van der Waals surface area contributed by atoms with Crippen molar-refractivity contribution in [3.8, 4) is 0 Å². The highest BCUT2D eigenvalue weighted by Crippen LogP contribution is 2.29. The fourth-order valence-corrected chi connectivity index (χ4v) is 2.53. The van der Waals surface area contributed by atoms with Crippen LogP contribution < -0.4 is 11.5 Å². The van der Waals surface area contributed by atoms with Gasteiger partial charge in [-0.1, -0.05) is 39.0 Å². The number of hydrogen-bond acceptors (Lipinski definition) is 3. The van der Waals surface area contributed by atoms with Crippen LogP contribution in [0.1, 0.15) is 64.7 Å². The lowest BCUT2D eigenvalue weighted by Crippen LogP contribution is -2.50. The number of amides is 1. The predicted octanol–water partition coefficient (Wildman–Crippen LogP) is 2.10. The molecule has 106 valence electrons. The van der Waals surface area contributed by atoms with Crippen molar-refractivity contribution < 1.29 is 9.53 Å². The monoisotopic (exact) mass is 256 g/mol. The van der Waals surface area contributed by atoms with Gasteiger partial charge in [0.05, 0.1) is 11.6 Å². The summed E-state index contributed by atoms with van der Waals surface area (Å²) in [6, 6.07) is 0. The zero-order valence-corrected chi connectivity index (χ0v) is 11.6. The van der Waals surface area contributed by atoms with Crippen molar-refractivity contribution in [2.24, 2.45) is 11.5 Å². The van der Waals surface area contributed by atoms with Crippen molar-refractivity contribution in [3.63, 3.8) is 0 Å². The maximum Gasteiger partial charge on any atom is 0.237 e. The minimum Gasteiger partial charge on any atom is -0.378 e. The minimum absolute atomic E-state index is 0.123. The summed E-state index contributed by atoms with van der Waals surface area (Å²) >= 11 is 0. The lowest BCUT2D eigenvalue weighted by Gasteiger charge is -2.19. The normalized spacial score (nSPS) is 27.6. The molecule has 1 rings (SSSR count). The molecule has 1 saturated carbocycles. The molecule has 0 aromatic carbocycles. The molecule has 0 heterocycles. The van der Waals surface area contributed by atoms with Crippen LogP contribution in [0.4, 0.5) is 0 Å². The van der Waals surface area contributed by atoms with E-state index in [-0.39, 0.29) is 6.10 Å². The van der Waals surface area contributed by atoms with Crippen molar-refractivity contribution in [1.29, 1.82) is 0 Å². The lowest BCUT2D eigenvalue weighted by atomic mass is 9.99. The Morgan fingerprint density at radius 1 is 1.28 bits per heavy atom. The Hall–Kier alpha value is -0.610. The molecule has 1 aliphatic rings. The number of carbonyl (C=O) groups excluding carboxylic acids is 1. The number of unbranched alkanes of at least 4 members (excludes halogenated alkanes) is 5. The van der Waals surface area contributed by atoms with E-state index >= 15 is 0 Å². The summed E-state index contributed by atoms with van der Waals surface area (Å²) in [6.45, 7) is 3.01. The first kappa shape index (κ1) is 15.4. The van der Waals surface area contributed by atoms with Crippen molar-refractivity contribution in [1.82, 2.24) is 0 Å². The molecule has 1 fully saturated rings. The minimum atomic E-state index is -0.828. The third-order valence-corrected chi connectivity index (χ3v) is 3.85. The van der Waals surface area contributed by atoms with Gasteiger partial charge in [-0.25, -0.2) is 0 Å². The van der Waals surface area contributed by atoms with Crippen LogP contribution in [0.25, 0.3) is 0 Å². The first-order valence-corrected chi connectivity index (χ1v) is 7.29.